The fourth-order valence-corrected chi connectivity index (χ4v) is 2.01. The Morgan fingerprint density at radius 1 is 1.47 bits per heavy atom. The third kappa shape index (κ3) is 2.47. The van der Waals surface area contributed by atoms with E-state index in [1.807, 2.05) is 0 Å². The van der Waals surface area contributed by atoms with Crippen molar-refractivity contribution in [1.29, 1.82) is 0 Å². The number of hydrogen-bond acceptors (Lipinski definition) is 2. The highest BCUT2D eigenvalue weighted by molar-refractivity contribution is 9.10. The highest BCUT2D eigenvalue weighted by atomic mass is 79.9. The minimum Gasteiger partial charge on any atom is -0.298 e. The summed E-state index contributed by atoms with van der Waals surface area (Å²) in [6, 6.07) is 2.17. The molecule has 1 rings (SSSR count). The molecule has 1 aromatic carbocycles. The molecule has 1 aromatic rings. The van der Waals surface area contributed by atoms with Gasteiger partial charge in [-0.15, -0.1) is 0 Å². The summed E-state index contributed by atoms with van der Waals surface area (Å²) in [5, 5.41) is 0. The van der Waals surface area contributed by atoms with Gasteiger partial charge in [-0.25, -0.2) is 8.78 Å². The standard InChI is InChI=1S/C10H7BrF2O2/c1-5(15)9-7(4-14)2-6(10(12)13)3-8(9)11/h2-4,10H,1H3. The van der Waals surface area contributed by atoms with Gasteiger partial charge in [0.05, 0.1) is 0 Å². The van der Waals surface area contributed by atoms with Crippen molar-refractivity contribution >= 4 is 28.0 Å². The molecule has 5 heteroatoms. The van der Waals surface area contributed by atoms with Crippen molar-refractivity contribution in [3.8, 4) is 0 Å². The third-order valence-corrected chi connectivity index (χ3v) is 2.50. The van der Waals surface area contributed by atoms with Crippen LogP contribution in [-0.4, -0.2) is 12.1 Å². The Morgan fingerprint density at radius 2 is 2.07 bits per heavy atom. The lowest BCUT2D eigenvalue weighted by Gasteiger charge is -2.07. The van der Waals surface area contributed by atoms with E-state index >= 15 is 0 Å². The maximum Gasteiger partial charge on any atom is 0.263 e. The predicted octanol–water partition coefficient (Wildman–Crippen LogP) is 3.40. The highest BCUT2D eigenvalue weighted by Gasteiger charge is 2.16. The molecule has 0 heterocycles. The van der Waals surface area contributed by atoms with Crippen molar-refractivity contribution in [3.63, 3.8) is 0 Å². The summed E-state index contributed by atoms with van der Waals surface area (Å²) in [4.78, 5) is 21.8. The van der Waals surface area contributed by atoms with Crippen molar-refractivity contribution in [1.82, 2.24) is 0 Å². The second-order valence-corrected chi connectivity index (χ2v) is 3.80. The summed E-state index contributed by atoms with van der Waals surface area (Å²) < 4.78 is 25.0. The van der Waals surface area contributed by atoms with Crippen molar-refractivity contribution in [2.24, 2.45) is 0 Å². The minimum absolute atomic E-state index is 0.0211. The summed E-state index contributed by atoms with van der Waals surface area (Å²) >= 11 is 2.99. The molecule has 0 spiro atoms. The molecule has 0 amide bonds. The van der Waals surface area contributed by atoms with Crippen LogP contribution in [0, 0.1) is 0 Å². The van der Waals surface area contributed by atoms with Gasteiger partial charge in [-0.05, 0) is 19.1 Å². The number of benzene rings is 1. The smallest absolute Gasteiger partial charge is 0.263 e. The Morgan fingerprint density at radius 3 is 2.47 bits per heavy atom. The number of ketones is 1. The number of Topliss-reactive ketones (excluding diaryl/α,β-unsaturated/α-hetero) is 1. The fourth-order valence-electron chi connectivity index (χ4n) is 1.24. The SMILES string of the molecule is CC(=O)c1c(Br)cc(C(F)F)cc1C=O. The average molecular weight is 277 g/mol. The lowest BCUT2D eigenvalue weighted by molar-refractivity contribution is 0.100. The molecule has 0 fully saturated rings. The summed E-state index contributed by atoms with van der Waals surface area (Å²) in [6.45, 7) is 1.27. The first-order valence-corrected chi connectivity index (χ1v) is 4.84. The van der Waals surface area contributed by atoms with E-state index in [0.29, 0.717) is 6.29 Å². The molecule has 0 aliphatic carbocycles. The molecule has 2 nitrogen and oxygen atoms in total. The van der Waals surface area contributed by atoms with Gasteiger partial charge in [0.2, 0.25) is 0 Å². The third-order valence-electron chi connectivity index (χ3n) is 1.87. The molecule has 80 valence electrons. The Kier molecular flexibility index (Phi) is 3.68. The number of hydrogen-bond donors (Lipinski definition) is 0. The molecule has 0 unspecified atom stereocenters. The molecule has 0 radical (unpaired) electrons. The van der Waals surface area contributed by atoms with Gasteiger partial charge >= 0.3 is 0 Å². The van der Waals surface area contributed by atoms with Crippen LogP contribution in [0.15, 0.2) is 16.6 Å². The first kappa shape index (κ1) is 12.0. The first-order valence-electron chi connectivity index (χ1n) is 4.05. The summed E-state index contributed by atoms with van der Waals surface area (Å²) in [6.07, 6.45) is -2.27. The number of aldehydes is 1. The molecule has 0 aliphatic rings. The van der Waals surface area contributed by atoms with Crippen LogP contribution >= 0.6 is 15.9 Å². The molecular weight excluding hydrogens is 270 g/mol. The lowest BCUT2D eigenvalue weighted by atomic mass is 10.0. The van der Waals surface area contributed by atoms with Gasteiger partial charge in [0, 0.05) is 21.2 Å². The maximum atomic E-state index is 12.4. The van der Waals surface area contributed by atoms with Crippen molar-refractivity contribution in [3.05, 3.63) is 33.3 Å². The van der Waals surface area contributed by atoms with E-state index in [0.717, 1.165) is 12.1 Å². The Bertz CT molecular complexity index is 416. The fraction of sp³-hybridized carbons (Fsp3) is 0.200. The average Bonchev–Trinajstić information content (AvgIpc) is 2.15. The zero-order valence-electron chi connectivity index (χ0n) is 7.76. The van der Waals surface area contributed by atoms with E-state index in [1.165, 1.54) is 6.92 Å². The molecule has 0 saturated heterocycles. The van der Waals surface area contributed by atoms with Crippen LogP contribution in [0.4, 0.5) is 8.78 Å². The van der Waals surface area contributed by atoms with Crippen LogP contribution in [0.3, 0.4) is 0 Å². The second kappa shape index (κ2) is 4.61. The van der Waals surface area contributed by atoms with Crippen molar-refractivity contribution in [2.45, 2.75) is 13.3 Å². The number of carbonyl (C=O) groups is 2. The molecule has 0 aliphatic heterocycles. The van der Waals surface area contributed by atoms with Gasteiger partial charge < -0.3 is 0 Å². The zero-order valence-corrected chi connectivity index (χ0v) is 9.35. The number of rotatable bonds is 3. The van der Waals surface area contributed by atoms with E-state index < -0.39 is 6.43 Å². The highest BCUT2D eigenvalue weighted by Crippen LogP contribution is 2.28. The van der Waals surface area contributed by atoms with Gasteiger partial charge in [0.25, 0.3) is 6.43 Å². The van der Waals surface area contributed by atoms with E-state index in [2.05, 4.69) is 15.9 Å². The molecule has 15 heavy (non-hydrogen) atoms. The lowest BCUT2D eigenvalue weighted by Crippen LogP contribution is -2.02. The summed E-state index contributed by atoms with van der Waals surface area (Å²) in [7, 11) is 0. The van der Waals surface area contributed by atoms with Gasteiger partial charge in [-0.3, -0.25) is 9.59 Å². The van der Waals surface area contributed by atoms with E-state index in [4.69, 9.17) is 0 Å². The van der Waals surface area contributed by atoms with Gasteiger partial charge in [-0.1, -0.05) is 15.9 Å². The molecule has 0 saturated carbocycles. The van der Waals surface area contributed by atoms with Crippen LogP contribution in [0.2, 0.25) is 0 Å². The molecule has 0 aromatic heterocycles. The summed E-state index contributed by atoms with van der Waals surface area (Å²) in [5.41, 5.74) is -0.171. The first-order chi connectivity index (χ1) is 6.97. The van der Waals surface area contributed by atoms with E-state index in [1.54, 1.807) is 0 Å². The zero-order chi connectivity index (χ0) is 11.6. The number of alkyl halides is 2. The summed E-state index contributed by atoms with van der Waals surface area (Å²) in [5.74, 6) is -0.343. The van der Waals surface area contributed by atoms with Crippen molar-refractivity contribution < 1.29 is 18.4 Å². The number of carbonyl (C=O) groups excluding carboxylic acids is 2. The quantitative estimate of drug-likeness (QED) is 0.626. The second-order valence-electron chi connectivity index (χ2n) is 2.94. The van der Waals surface area contributed by atoms with Gasteiger partial charge in [0.1, 0.15) is 0 Å². The molecular formula is C10H7BrF2O2. The molecule has 0 bridgehead atoms. The van der Waals surface area contributed by atoms with E-state index in [-0.39, 0.29) is 26.9 Å². The molecule has 0 atom stereocenters. The van der Waals surface area contributed by atoms with Crippen LogP contribution in [0.25, 0.3) is 0 Å². The minimum atomic E-state index is -2.67. The maximum absolute atomic E-state index is 12.4. The predicted molar refractivity (Wildman–Crippen MR) is 54.5 cm³/mol. The van der Waals surface area contributed by atoms with Gasteiger partial charge in [-0.2, -0.15) is 0 Å². The Balaban J connectivity index is 3.44. The largest absolute Gasteiger partial charge is 0.298 e. The van der Waals surface area contributed by atoms with Crippen LogP contribution in [0.5, 0.6) is 0 Å². The molecule has 0 N–H and O–H groups in total. The topological polar surface area (TPSA) is 34.1 Å². The van der Waals surface area contributed by atoms with Crippen LogP contribution in [-0.2, 0) is 0 Å². The normalized spacial score (nSPS) is 10.5. The van der Waals surface area contributed by atoms with Crippen LogP contribution in [0.1, 0.15) is 39.6 Å². The van der Waals surface area contributed by atoms with Crippen LogP contribution < -0.4 is 0 Å². The monoisotopic (exact) mass is 276 g/mol. The Hall–Kier alpha value is -1.10. The number of halogens is 3. The Labute approximate surface area is 93.4 Å². The van der Waals surface area contributed by atoms with Gasteiger partial charge in [0.15, 0.2) is 12.1 Å². The van der Waals surface area contributed by atoms with E-state index in [9.17, 15) is 18.4 Å². The van der Waals surface area contributed by atoms with Crippen molar-refractivity contribution in [2.75, 3.05) is 0 Å².